The second kappa shape index (κ2) is 4.52. The van der Waals surface area contributed by atoms with Gasteiger partial charge in [-0.2, -0.15) is 5.26 Å². The van der Waals surface area contributed by atoms with Gasteiger partial charge < -0.3 is 4.90 Å². The average molecular weight is 196 g/mol. The van der Waals surface area contributed by atoms with Crippen LogP contribution >= 0.6 is 11.5 Å². The van der Waals surface area contributed by atoms with Gasteiger partial charge in [-0.3, -0.25) is 4.79 Å². The molecule has 0 aromatic carbocycles. The fourth-order valence-electron chi connectivity index (χ4n) is 0.769. The smallest absolute Gasteiger partial charge is 0.267 e. The highest BCUT2D eigenvalue weighted by Gasteiger charge is 2.12. The number of aromatic nitrogens is 2. The standard InChI is InChI=1S/C7H8N4OS/c1-11(4-2-3-8)7(12)6-5-9-10-13-6/h5H,2,4H2,1H3. The molecule has 0 bridgehead atoms. The molecule has 13 heavy (non-hydrogen) atoms. The number of hydrogen-bond donors (Lipinski definition) is 0. The fraction of sp³-hybridized carbons (Fsp3) is 0.429. The van der Waals surface area contributed by atoms with Crippen LogP contribution in [0, 0.1) is 11.3 Å². The molecule has 0 aliphatic heterocycles. The van der Waals surface area contributed by atoms with Crippen molar-refractivity contribution in [1.29, 1.82) is 5.26 Å². The van der Waals surface area contributed by atoms with E-state index in [0.29, 0.717) is 17.8 Å². The summed E-state index contributed by atoms with van der Waals surface area (Å²) in [6, 6.07) is 1.98. The van der Waals surface area contributed by atoms with Crippen molar-refractivity contribution in [1.82, 2.24) is 14.5 Å². The SMILES string of the molecule is CN(CCC#N)C(=O)c1cnns1. The van der Waals surface area contributed by atoms with Crippen LogP contribution in [0.5, 0.6) is 0 Å². The van der Waals surface area contributed by atoms with Gasteiger partial charge >= 0.3 is 0 Å². The van der Waals surface area contributed by atoms with Crippen LogP contribution in [0.3, 0.4) is 0 Å². The van der Waals surface area contributed by atoms with E-state index in [1.54, 1.807) is 7.05 Å². The monoisotopic (exact) mass is 196 g/mol. The van der Waals surface area contributed by atoms with Crippen molar-refractivity contribution >= 4 is 17.4 Å². The number of carbonyl (C=O) groups is 1. The van der Waals surface area contributed by atoms with E-state index in [-0.39, 0.29) is 5.91 Å². The largest absolute Gasteiger partial charge is 0.340 e. The Morgan fingerprint density at radius 3 is 3.15 bits per heavy atom. The predicted octanol–water partition coefficient (Wildman–Crippen LogP) is 0.524. The van der Waals surface area contributed by atoms with Crippen LogP contribution in [-0.2, 0) is 0 Å². The highest BCUT2D eigenvalue weighted by molar-refractivity contribution is 7.07. The van der Waals surface area contributed by atoms with Crippen LogP contribution in [0.4, 0.5) is 0 Å². The molecule has 0 spiro atoms. The topological polar surface area (TPSA) is 69.9 Å². The number of nitrogens with zero attached hydrogens (tertiary/aromatic N) is 4. The molecule has 0 saturated heterocycles. The maximum absolute atomic E-state index is 11.5. The molecule has 0 radical (unpaired) electrons. The van der Waals surface area contributed by atoms with Gasteiger partial charge in [-0.1, -0.05) is 4.49 Å². The number of carbonyl (C=O) groups excluding carboxylic acids is 1. The third kappa shape index (κ3) is 2.49. The van der Waals surface area contributed by atoms with Crippen molar-refractivity contribution in [3.63, 3.8) is 0 Å². The molecular formula is C7H8N4OS. The van der Waals surface area contributed by atoms with Crippen molar-refractivity contribution in [2.24, 2.45) is 0 Å². The van der Waals surface area contributed by atoms with Crippen LogP contribution in [0.2, 0.25) is 0 Å². The molecule has 0 saturated carbocycles. The molecule has 0 unspecified atom stereocenters. The summed E-state index contributed by atoms with van der Waals surface area (Å²) in [5.41, 5.74) is 0. The zero-order valence-corrected chi connectivity index (χ0v) is 7.91. The van der Waals surface area contributed by atoms with E-state index in [1.807, 2.05) is 6.07 Å². The number of nitriles is 1. The highest BCUT2D eigenvalue weighted by Crippen LogP contribution is 2.05. The Balaban J connectivity index is 2.54. The Bertz CT molecular complexity index is 316. The molecule has 0 atom stereocenters. The van der Waals surface area contributed by atoms with E-state index < -0.39 is 0 Å². The van der Waals surface area contributed by atoms with Gasteiger partial charge in [0.05, 0.1) is 18.7 Å². The molecule has 0 aliphatic carbocycles. The Morgan fingerprint density at radius 1 is 1.85 bits per heavy atom. The lowest BCUT2D eigenvalue weighted by Crippen LogP contribution is -2.26. The zero-order chi connectivity index (χ0) is 9.68. The van der Waals surface area contributed by atoms with Crippen LogP contribution in [0.1, 0.15) is 16.1 Å². The van der Waals surface area contributed by atoms with Gasteiger partial charge in [0.25, 0.3) is 5.91 Å². The minimum atomic E-state index is -0.134. The van der Waals surface area contributed by atoms with Gasteiger partial charge in [0.1, 0.15) is 4.88 Å². The average Bonchev–Trinajstić information content (AvgIpc) is 2.65. The first-order chi connectivity index (χ1) is 6.25. The summed E-state index contributed by atoms with van der Waals surface area (Å²) in [6.45, 7) is 0.438. The van der Waals surface area contributed by atoms with Crippen molar-refractivity contribution < 1.29 is 4.79 Å². The Kier molecular flexibility index (Phi) is 3.34. The maximum atomic E-state index is 11.5. The third-order valence-electron chi connectivity index (χ3n) is 1.48. The second-order valence-corrected chi connectivity index (χ2v) is 3.20. The van der Waals surface area contributed by atoms with Gasteiger partial charge in [-0.25, -0.2) is 0 Å². The minimum Gasteiger partial charge on any atom is -0.340 e. The molecular weight excluding hydrogens is 188 g/mol. The molecule has 1 heterocycles. The molecule has 1 rings (SSSR count). The Morgan fingerprint density at radius 2 is 2.62 bits per heavy atom. The van der Waals surface area contributed by atoms with Crippen molar-refractivity contribution in [3.05, 3.63) is 11.1 Å². The molecule has 0 fully saturated rings. The molecule has 0 aliphatic rings. The van der Waals surface area contributed by atoms with E-state index >= 15 is 0 Å². The first-order valence-corrected chi connectivity index (χ1v) is 4.43. The van der Waals surface area contributed by atoms with Crippen LogP contribution in [0.15, 0.2) is 6.20 Å². The predicted molar refractivity (Wildman–Crippen MR) is 47.1 cm³/mol. The highest BCUT2D eigenvalue weighted by atomic mass is 32.1. The molecule has 0 N–H and O–H groups in total. The summed E-state index contributed by atoms with van der Waals surface area (Å²) in [7, 11) is 1.65. The molecule has 1 aromatic heterocycles. The van der Waals surface area contributed by atoms with Crippen molar-refractivity contribution in [2.45, 2.75) is 6.42 Å². The lowest BCUT2D eigenvalue weighted by atomic mass is 10.4. The van der Waals surface area contributed by atoms with Gasteiger partial charge in [0, 0.05) is 13.6 Å². The number of amides is 1. The summed E-state index contributed by atoms with van der Waals surface area (Å²) in [5.74, 6) is -0.134. The zero-order valence-electron chi connectivity index (χ0n) is 7.10. The molecule has 68 valence electrons. The Labute approximate surface area is 79.8 Å². The van der Waals surface area contributed by atoms with Crippen molar-refractivity contribution in [3.8, 4) is 6.07 Å². The maximum Gasteiger partial charge on any atom is 0.267 e. The summed E-state index contributed by atoms with van der Waals surface area (Å²) < 4.78 is 3.59. The molecule has 5 nitrogen and oxygen atoms in total. The third-order valence-corrected chi connectivity index (χ3v) is 2.13. The van der Waals surface area contributed by atoms with E-state index in [0.717, 1.165) is 11.5 Å². The fourth-order valence-corrected chi connectivity index (χ4v) is 1.28. The van der Waals surface area contributed by atoms with Gasteiger partial charge in [-0.05, 0) is 11.5 Å². The van der Waals surface area contributed by atoms with E-state index in [9.17, 15) is 4.79 Å². The number of hydrogen-bond acceptors (Lipinski definition) is 5. The second-order valence-electron chi connectivity index (χ2n) is 2.42. The lowest BCUT2D eigenvalue weighted by Gasteiger charge is -2.12. The first kappa shape index (κ1) is 9.61. The number of rotatable bonds is 3. The van der Waals surface area contributed by atoms with E-state index in [4.69, 9.17) is 5.26 Å². The Hall–Kier alpha value is -1.48. The summed E-state index contributed by atoms with van der Waals surface area (Å²) in [5, 5.41) is 11.9. The van der Waals surface area contributed by atoms with Crippen LogP contribution in [-0.4, -0.2) is 34.0 Å². The molecule has 6 heteroatoms. The molecule has 1 amide bonds. The van der Waals surface area contributed by atoms with Crippen molar-refractivity contribution in [2.75, 3.05) is 13.6 Å². The molecule has 1 aromatic rings. The normalized spacial score (nSPS) is 9.23. The summed E-state index contributed by atoms with van der Waals surface area (Å²) in [6.07, 6.45) is 1.77. The quantitative estimate of drug-likeness (QED) is 0.706. The lowest BCUT2D eigenvalue weighted by molar-refractivity contribution is 0.0802. The van der Waals surface area contributed by atoms with E-state index in [2.05, 4.69) is 9.59 Å². The summed E-state index contributed by atoms with van der Waals surface area (Å²) in [4.78, 5) is 13.4. The van der Waals surface area contributed by atoms with Gasteiger partial charge in [0.15, 0.2) is 0 Å². The van der Waals surface area contributed by atoms with Crippen LogP contribution in [0.25, 0.3) is 0 Å². The van der Waals surface area contributed by atoms with Crippen LogP contribution < -0.4 is 0 Å². The van der Waals surface area contributed by atoms with E-state index in [1.165, 1.54) is 11.1 Å². The summed E-state index contributed by atoms with van der Waals surface area (Å²) >= 11 is 1.06. The first-order valence-electron chi connectivity index (χ1n) is 3.65. The van der Waals surface area contributed by atoms with Gasteiger partial charge in [0.2, 0.25) is 0 Å². The minimum absolute atomic E-state index is 0.134. The van der Waals surface area contributed by atoms with Gasteiger partial charge in [-0.15, -0.1) is 5.10 Å².